The third kappa shape index (κ3) is 2.48. The number of benzene rings is 1. The highest BCUT2D eigenvalue weighted by molar-refractivity contribution is 6.62. The molecule has 22 heavy (non-hydrogen) atoms. The molecule has 1 aliphatic heterocycles. The Kier molecular flexibility index (Phi) is 3.46. The van der Waals surface area contributed by atoms with Crippen molar-refractivity contribution in [3.8, 4) is 5.69 Å². The van der Waals surface area contributed by atoms with Gasteiger partial charge in [0.2, 0.25) is 0 Å². The predicted molar refractivity (Wildman–Crippen MR) is 88.8 cm³/mol. The first-order valence-electron chi connectivity index (χ1n) is 7.67. The van der Waals surface area contributed by atoms with Crippen LogP contribution in [0, 0.1) is 13.8 Å². The third-order valence-electron chi connectivity index (χ3n) is 4.74. The van der Waals surface area contributed by atoms with Crippen LogP contribution in [0.5, 0.6) is 0 Å². The van der Waals surface area contributed by atoms with Crippen LogP contribution in [0.4, 0.5) is 0 Å². The van der Waals surface area contributed by atoms with Crippen molar-refractivity contribution >= 4 is 12.6 Å². The van der Waals surface area contributed by atoms with E-state index in [1.807, 2.05) is 24.0 Å². The number of nitrogens with zero attached hydrogens (tertiary/aromatic N) is 2. The Balaban J connectivity index is 1.90. The summed E-state index contributed by atoms with van der Waals surface area (Å²) in [5.41, 5.74) is 3.73. The van der Waals surface area contributed by atoms with E-state index in [1.54, 1.807) is 0 Å². The van der Waals surface area contributed by atoms with Gasteiger partial charge in [0.1, 0.15) is 0 Å². The Labute approximate surface area is 132 Å². The maximum absolute atomic E-state index is 6.11. The molecule has 3 rings (SSSR count). The lowest BCUT2D eigenvalue weighted by molar-refractivity contribution is 0.00578. The molecular formula is C17H23BN2O2. The standard InChI is InChI=1S/C17H23BN2O2/c1-12-9-14(18-21-16(3,4)17(5,6)22-18)7-8-15(12)20-10-13(2)19-11-20/h7-11H,1-6H3. The largest absolute Gasteiger partial charge is 0.494 e. The summed E-state index contributed by atoms with van der Waals surface area (Å²) in [6, 6.07) is 6.30. The predicted octanol–water partition coefficient (Wildman–Crippen LogP) is 2.79. The van der Waals surface area contributed by atoms with Crippen molar-refractivity contribution in [3.63, 3.8) is 0 Å². The van der Waals surface area contributed by atoms with Crippen molar-refractivity contribution in [3.05, 3.63) is 42.0 Å². The fraction of sp³-hybridized carbons (Fsp3) is 0.471. The lowest BCUT2D eigenvalue weighted by Crippen LogP contribution is -2.41. The molecule has 0 unspecified atom stereocenters. The van der Waals surface area contributed by atoms with Gasteiger partial charge in [0.05, 0.1) is 23.2 Å². The molecule has 1 fully saturated rings. The summed E-state index contributed by atoms with van der Waals surface area (Å²) >= 11 is 0. The number of aryl methyl sites for hydroxylation is 2. The van der Waals surface area contributed by atoms with Crippen molar-refractivity contribution < 1.29 is 9.31 Å². The molecule has 0 N–H and O–H groups in total. The number of rotatable bonds is 2. The topological polar surface area (TPSA) is 36.3 Å². The quantitative estimate of drug-likeness (QED) is 0.800. The highest BCUT2D eigenvalue weighted by atomic mass is 16.7. The molecule has 1 saturated heterocycles. The maximum Gasteiger partial charge on any atom is 0.494 e. The summed E-state index contributed by atoms with van der Waals surface area (Å²) in [5.74, 6) is 0. The van der Waals surface area contributed by atoms with Crippen LogP contribution in [0.3, 0.4) is 0 Å². The van der Waals surface area contributed by atoms with Crippen molar-refractivity contribution in [2.75, 3.05) is 0 Å². The fourth-order valence-electron chi connectivity index (χ4n) is 2.65. The lowest BCUT2D eigenvalue weighted by atomic mass is 9.78. The van der Waals surface area contributed by atoms with Gasteiger partial charge in [-0.1, -0.05) is 12.1 Å². The first-order valence-corrected chi connectivity index (χ1v) is 7.67. The summed E-state index contributed by atoms with van der Waals surface area (Å²) in [5, 5.41) is 0. The van der Waals surface area contributed by atoms with E-state index in [-0.39, 0.29) is 18.3 Å². The van der Waals surface area contributed by atoms with Crippen LogP contribution in [0.2, 0.25) is 0 Å². The van der Waals surface area contributed by atoms with Crippen LogP contribution in [-0.2, 0) is 9.31 Å². The van der Waals surface area contributed by atoms with E-state index >= 15 is 0 Å². The molecule has 1 aromatic heterocycles. The van der Waals surface area contributed by atoms with Gasteiger partial charge in [0.25, 0.3) is 0 Å². The number of imidazole rings is 1. The summed E-state index contributed by atoms with van der Waals surface area (Å²) in [6.45, 7) is 12.4. The van der Waals surface area contributed by atoms with E-state index in [1.165, 1.54) is 5.56 Å². The van der Waals surface area contributed by atoms with Crippen LogP contribution in [0.15, 0.2) is 30.7 Å². The van der Waals surface area contributed by atoms with E-state index in [9.17, 15) is 0 Å². The zero-order valence-electron chi connectivity index (χ0n) is 14.2. The second-order valence-corrected chi connectivity index (χ2v) is 7.06. The maximum atomic E-state index is 6.11. The number of aromatic nitrogens is 2. The summed E-state index contributed by atoms with van der Waals surface area (Å²) < 4.78 is 14.3. The molecule has 2 aromatic rings. The highest BCUT2D eigenvalue weighted by Crippen LogP contribution is 2.36. The van der Waals surface area contributed by atoms with Gasteiger partial charge in [-0.3, -0.25) is 0 Å². The van der Waals surface area contributed by atoms with E-state index in [0.29, 0.717) is 0 Å². The first kappa shape index (κ1) is 15.3. The molecule has 0 atom stereocenters. The van der Waals surface area contributed by atoms with E-state index < -0.39 is 0 Å². The molecule has 0 spiro atoms. The van der Waals surface area contributed by atoms with E-state index in [0.717, 1.165) is 16.8 Å². The molecule has 1 aromatic carbocycles. The van der Waals surface area contributed by atoms with Crippen molar-refractivity contribution in [2.24, 2.45) is 0 Å². The molecule has 0 radical (unpaired) electrons. The zero-order chi connectivity index (χ0) is 16.1. The van der Waals surface area contributed by atoms with E-state index in [4.69, 9.17) is 9.31 Å². The third-order valence-corrected chi connectivity index (χ3v) is 4.74. The smallest absolute Gasteiger partial charge is 0.399 e. The molecule has 5 heteroatoms. The molecule has 116 valence electrons. The highest BCUT2D eigenvalue weighted by Gasteiger charge is 2.51. The SMILES string of the molecule is Cc1cn(-c2ccc(B3OC(C)(C)C(C)(C)O3)cc2C)cn1. The molecule has 0 bridgehead atoms. The normalized spacial score (nSPS) is 19.6. The summed E-state index contributed by atoms with van der Waals surface area (Å²) in [6.07, 6.45) is 3.86. The Morgan fingerprint density at radius 3 is 2.18 bits per heavy atom. The fourth-order valence-corrected chi connectivity index (χ4v) is 2.65. The Morgan fingerprint density at radius 1 is 1.05 bits per heavy atom. The molecule has 2 heterocycles. The average molecular weight is 298 g/mol. The molecule has 1 aliphatic rings. The minimum atomic E-state index is -0.317. The van der Waals surface area contributed by atoms with Crippen molar-refractivity contribution in [1.29, 1.82) is 0 Å². The van der Waals surface area contributed by atoms with Crippen LogP contribution >= 0.6 is 0 Å². The van der Waals surface area contributed by atoms with Gasteiger partial charge in [-0.25, -0.2) is 4.98 Å². The van der Waals surface area contributed by atoms with Crippen molar-refractivity contribution in [2.45, 2.75) is 52.7 Å². The van der Waals surface area contributed by atoms with Gasteiger partial charge in [0, 0.05) is 11.9 Å². The van der Waals surface area contributed by atoms with Crippen LogP contribution in [0.25, 0.3) is 5.69 Å². The van der Waals surface area contributed by atoms with Gasteiger partial charge in [0.15, 0.2) is 0 Å². The first-order chi connectivity index (χ1) is 10.2. The Hall–Kier alpha value is -1.59. The molecule has 0 amide bonds. The van der Waals surface area contributed by atoms with Crippen LogP contribution in [0.1, 0.15) is 39.0 Å². The number of hydrogen-bond acceptors (Lipinski definition) is 3. The van der Waals surface area contributed by atoms with Gasteiger partial charge >= 0.3 is 7.12 Å². The Morgan fingerprint density at radius 2 is 1.68 bits per heavy atom. The van der Waals surface area contributed by atoms with E-state index in [2.05, 4.69) is 57.8 Å². The zero-order valence-corrected chi connectivity index (χ0v) is 14.2. The second kappa shape index (κ2) is 4.96. The minimum absolute atomic E-state index is 0.314. The van der Waals surface area contributed by atoms with Gasteiger partial charge in [-0.15, -0.1) is 0 Å². The van der Waals surface area contributed by atoms with Gasteiger partial charge in [-0.2, -0.15) is 0 Å². The summed E-state index contributed by atoms with van der Waals surface area (Å²) in [4.78, 5) is 4.29. The van der Waals surface area contributed by atoms with Crippen LogP contribution in [-0.4, -0.2) is 27.9 Å². The van der Waals surface area contributed by atoms with Gasteiger partial charge in [-0.05, 0) is 58.6 Å². The second-order valence-electron chi connectivity index (χ2n) is 7.06. The molecular weight excluding hydrogens is 275 g/mol. The minimum Gasteiger partial charge on any atom is -0.399 e. The summed E-state index contributed by atoms with van der Waals surface area (Å²) in [7, 11) is -0.317. The lowest BCUT2D eigenvalue weighted by Gasteiger charge is -2.32. The monoisotopic (exact) mass is 298 g/mol. The molecule has 0 aliphatic carbocycles. The van der Waals surface area contributed by atoms with Gasteiger partial charge < -0.3 is 13.9 Å². The molecule has 4 nitrogen and oxygen atoms in total. The van der Waals surface area contributed by atoms with Crippen LogP contribution < -0.4 is 5.46 Å². The Bertz CT molecular complexity index is 690. The average Bonchev–Trinajstić information content (AvgIpc) is 2.91. The van der Waals surface area contributed by atoms with Crippen molar-refractivity contribution in [1.82, 2.24) is 9.55 Å². The number of hydrogen-bond donors (Lipinski definition) is 0. The molecule has 0 saturated carbocycles.